The number of aliphatic hydroxyl groups excluding tert-OH is 17. The normalized spacial score (nSPS) is 36.3. The quantitative estimate of drug-likeness (QED) is 0.0161. The van der Waals surface area contributed by atoms with Crippen LogP contribution in [0.15, 0.2) is 24.3 Å². The Bertz CT molecular complexity index is 2380. The summed E-state index contributed by atoms with van der Waals surface area (Å²) in [6.07, 6.45) is -22.1. The first-order chi connectivity index (χ1) is 48.8. The molecule has 0 radical (unpaired) electrons. The maximum atomic E-state index is 14.4. The van der Waals surface area contributed by atoms with E-state index in [1.807, 2.05) is 0 Å². The average Bonchev–Trinajstić information content (AvgIpc) is 0.761. The van der Waals surface area contributed by atoms with Crippen LogP contribution in [0.25, 0.3) is 0 Å². The van der Waals surface area contributed by atoms with Crippen LogP contribution in [0.4, 0.5) is 0 Å². The van der Waals surface area contributed by atoms with Crippen LogP contribution in [0.1, 0.15) is 187 Å². The summed E-state index contributed by atoms with van der Waals surface area (Å²) in [6, 6.07) is 0. The first kappa shape index (κ1) is 90.1. The zero-order valence-corrected chi connectivity index (χ0v) is 59.7. The molecule has 102 heavy (non-hydrogen) atoms. The Hall–Kier alpha value is -2.47. The number of ether oxygens (including phenoxy) is 10. The van der Waals surface area contributed by atoms with Crippen LogP contribution in [0, 0.1) is 0 Å². The number of phosphoric acid groups is 1. The van der Waals surface area contributed by atoms with Gasteiger partial charge in [-0.25, -0.2) is 4.57 Å². The van der Waals surface area contributed by atoms with E-state index in [9.17, 15) is 106 Å². The maximum Gasteiger partial charge on any atom is 0.472 e. The molecule has 0 bridgehead atoms. The molecule has 0 aromatic heterocycles. The molecule has 596 valence electrons. The molecule has 34 heteroatoms. The minimum absolute atomic E-state index is 0.00508. The standard InChI is InChI=1S/C68H121O33P/c1-3-5-7-9-11-13-15-17-18-19-21-22-24-26-28-30-32-45(71)90-36-40(94-46(72)33-31-29-27-25-23-20-16-14-12-10-8-6-4-2)37-93-102(88,89)101-64-62(99-67-60(86)52(78)48(74)42(35-70)96-67)56(82)55(81)57(83)63(64)100-68-61(87)54(80)50(76)44(98-68)39-92-66-59(85)53(79)49(75)43(97-66)38-91-65-58(84)51(77)47(73)41(34-69)95-65/h8,10,14,16,40-44,47-70,73-87H,3-7,9,11-13,15,17-39H2,1-2H3,(H,88,89)/b10-8-,16-14-/t40-,41?,42?,43?,44?,47+,48-,49+,50+,51?,52?,53?,54?,55+,56?,57?,58+,59+,60-,61+,62-,63?,64+,65-,66-,67-,68+/m1/s1. The number of phosphoric ester groups is 1. The maximum absolute atomic E-state index is 14.4. The van der Waals surface area contributed by atoms with Gasteiger partial charge in [0.25, 0.3) is 0 Å². The van der Waals surface area contributed by atoms with Crippen molar-refractivity contribution in [3.8, 4) is 0 Å². The number of unbranched alkanes of at least 4 members (excludes halogenated alkanes) is 21. The molecule has 4 aliphatic heterocycles. The van der Waals surface area contributed by atoms with Gasteiger partial charge in [-0.1, -0.05) is 160 Å². The predicted octanol–water partition coefficient (Wildman–Crippen LogP) is -0.257. The molecule has 0 aromatic rings. The van der Waals surface area contributed by atoms with Crippen LogP contribution in [-0.4, -0.2) is 309 Å². The van der Waals surface area contributed by atoms with E-state index in [-0.39, 0.29) is 12.8 Å². The molecular formula is C68H121O33P. The summed E-state index contributed by atoms with van der Waals surface area (Å²) in [5.41, 5.74) is 0. The van der Waals surface area contributed by atoms with Gasteiger partial charge in [-0.3, -0.25) is 18.6 Å². The molecule has 4 saturated heterocycles. The van der Waals surface area contributed by atoms with Crippen molar-refractivity contribution in [3.05, 3.63) is 24.3 Å². The lowest BCUT2D eigenvalue weighted by atomic mass is 9.84. The number of esters is 2. The van der Waals surface area contributed by atoms with Crippen LogP contribution < -0.4 is 0 Å². The molecule has 5 rings (SSSR count). The Morgan fingerprint density at radius 1 is 0.392 bits per heavy atom. The summed E-state index contributed by atoms with van der Waals surface area (Å²) < 4.78 is 81.4. The monoisotopic (exact) mass is 1500 g/mol. The van der Waals surface area contributed by atoms with Gasteiger partial charge in [0.2, 0.25) is 0 Å². The fourth-order valence-electron chi connectivity index (χ4n) is 12.6. The first-order valence-corrected chi connectivity index (χ1v) is 38.2. The molecule has 33 nitrogen and oxygen atoms in total. The molecule has 1 aliphatic carbocycles. The van der Waals surface area contributed by atoms with Crippen LogP contribution in [0.3, 0.4) is 0 Å². The second-order valence-electron chi connectivity index (χ2n) is 27.2. The topological polar surface area (TPSA) is 526 Å². The van der Waals surface area contributed by atoms with Gasteiger partial charge in [0.05, 0.1) is 33.0 Å². The molecule has 0 amide bonds. The van der Waals surface area contributed by atoms with Crippen LogP contribution in [0.2, 0.25) is 0 Å². The number of carbonyl (C=O) groups is 2. The highest BCUT2D eigenvalue weighted by molar-refractivity contribution is 7.47. The van der Waals surface area contributed by atoms with Crippen molar-refractivity contribution in [1.82, 2.24) is 0 Å². The Kier molecular flexibility index (Phi) is 42.5. The highest BCUT2D eigenvalue weighted by Crippen LogP contribution is 2.49. The lowest BCUT2D eigenvalue weighted by Gasteiger charge is -2.49. The zero-order chi connectivity index (χ0) is 74.9. The molecule has 0 spiro atoms. The van der Waals surface area contributed by atoms with Crippen LogP contribution in [-0.2, 0) is 70.6 Å². The lowest BCUT2D eigenvalue weighted by Crippen LogP contribution is -2.69. The Labute approximate surface area is 596 Å². The summed E-state index contributed by atoms with van der Waals surface area (Å²) >= 11 is 0. The largest absolute Gasteiger partial charge is 0.472 e. The Balaban J connectivity index is 1.29. The van der Waals surface area contributed by atoms with Crippen molar-refractivity contribution < 1.29 is 162 Å². The zero-order valence-electron chi connectivity index (χ0n) is 58.9. The van der Waals surface area contributed by atoms with E-state index in [1.165, 1.54) is 64.2 Å². The van der Waals surface area contributed by atoms with E-state index >= 15 is 0 Å². The van der Waals surface area contributed by atoms with Crippen molar-refractivity contribution >= 4 is 19.8 Å². The Morgan fingerprint density at radius 2 is 0.755 bits per heavy atom. The number of carbonyl (C=O) groups excluding carboxylic acids is 2. The predicted molar refractivity (Wildman–Crippen MR) is 356 cm³/mol. The van der Waals surface area contributed by atoms with Crippen molar-refractivity contribution in [2.75, 3.05) is 39.6 Å². The molecular weight excluding hydrogens is 1380 g/mol. The molecule has 5 fully saturated rings. The van der Waals surface area contributed by atoms with E-state index in [2.05, 4.69) is 38.2 Å². The van der Waals surface area contributed by atoms with Gasteiger partial charge < -0.3 is 139 Å². The van der Waals surface area contributed by atoms with E-state index in [0.29, 0.717) is 19.3 Å². The van der Waals surface area contributed by atoms with E-state index in [1.54, 1.807) is 0 Å². The molecule has 5 aliphatic rings. The fraction of sp³-hybridized carbons (Fsp3) is 0.912. The average molecular weight is 1500 g/mol. The second-order valence-corrected chi connectivity index (χ2v) is 28.6. The summed E-state index contributed by atoms with van der Waals surface area (Å²) in [7, 11) is -5.82. The van der Waals surface area contributed by atoms with Gasteiger partial charge in [-0.05, 0) is 38.5 Å². The summed E-state index contributed by atoms with van der Waals surface area (Å²) in [5, 5.41) is 183. The van der Waals surface area contributed by atoms with E-state index < -0.39 is 225 Å². The van der Waals surface area contributed by atoms with Gasteiger partial charge in [-0.15, -0.1) is 0 Å². The highest BCUT2D eigenvalue weighted by atomic mass is 31.2. The molecule has 4 heterocycles. The third kappa shape index (κ3) is 29.2. The van der Waals surface area contributed by atoms with E-state index in [0.717, 1.165) is 77.0 Å². The van der Waals surface area contributed by atoms with Gasteiger partial charge >= 0.3 is 19.8 Å². The minimum atomic E-state index is -5.82. The van der Waals surface area contributed by atoms with Crippen LogP contribution in [0.5, 0.6) is 0 Å². The number of hydrogen-bond donors (Lipinski definition) is 18. The molecule has 12 unspecified atom stereocenters. The number of aliphatic hydroxyl groups is 17. The second kappa shape index (κ2) is 48.1. The summed E-state index contributed by atoms with van der Waals surface area (Å²) in [5.74, 6) is -1.46. The molecule has 28 atom stereocenters. The Morgan fingerprint density at radius 3 is 1.20 bits per heavy atom. The SMILES string of the molecule is CCC/C=C\C/C=C\CCCCCCCC(=O)O[C@H](COC(=O)CCCCCCCCCCCCCCCCCC)COP(=O)(O)O[C@@H]1C(O[C@@H]2OC(CO[C@@H]3OC(CO[C@@H]4OC(CO)[C@H](O)C(O)[C@@H]4O)[C@H](O)C(O)[C@@H]3O)[C@H](O)C(O)[C@@H]2O)C(O)[C@@H](O)C(O)[C@H]1O[C@H]1OC(CO)[C@@H](O)C(O)[C@H]1O. The van der Waals surface area contributed by atoms with Gasteiger partial charge in [0.1, 0.15) is 141 Å². The van der Waals surface area contributed by atoms with Gasteiger partial charge in [0, 0.05) is 12.8 Å². The van der Waals surface area contributed by atoms with Gasteiger partial charge in [-0.2, -0.15) is 0 Å². The van der Waals surface area contributed by atoms with Crippen LogP contribution >= 0.6 is 7.82 Å². The number of allylic oxidation sites excluding steroid dienone is 4. The van der Waals surface area contributed by atoms with Gasteiger partial charge in [0.15, 0.2) is 31.3 Å². The fourth-order valence-corrected chi connectivity index (χ4v) is 13.5. The minimum Gasteiger partial charge on any atom is -0.462 e. The highest BCUT2D eigenvalue weighted by Gasteiger charge is 2.59. The molecule has 0 aromatic carbocycles. The third-order valence-corrected chi connectivity index (χ3v) is 19.9. The number of hydrogen-bond acceptors (Lipinski definition) is 32. The van der Waals surface area contributed by atoms with Crippen molar-refractivity contribution in [2.24, 2.45) is 0 Å². The summed E-state index contributed by atoms with van der Waals surface area (Å²) in [6.45, 7) is -0.987. The van der Waals surface area contributed by atoms with Crippen molar-refractivity contribution in [3.63, 3.8) is 0 Å². The van der Waals surface area contributed by atoms with Crippen molar-refractivity contribution in [1.29, 1.82) is 0 Å². The first-order valence-electron chi connectivity index (χ1n) is 36.7. The smallest absolute Gasteiger partial charge is 0.462 e. The molecule has 18 N–H and O–H groups in total. The molecule has 1 saturated carbocycles. The third-order valence-electron chi connectivity index (χ3n) is 18.9. The number of rotatable bonds is 49. The van der Waals surface area contributed by atoms with E-state index in [4.69, 9.17) is 56.4 Å². The lowest BCUT2D eigenvalue weighted by molar-refractivity contribution is -0.365. The van der Waals surface area contributed by atoms with Crippen molar-refractivity contribution in [2.45, 2.75) is 353 Å². The summed E-state index contributed by atoms with van der Waals surface area (Å²) in [4.78, 5) is 38.2.